The SMILES string of the molecule is COC(=O)c1ccc(C(=O)CCCNC(=O)OC(C)(C)C)cc1.COC(=O)c1ccc(I)cc1. The van der Waals surface area contributed by atoms with Crippen LogP contribution in [0.1, 0.15) is 64.7 Å². The average molecular weight is 583 g/mol. The zero-order chi connectivity index (χ0) is 25.7. The maximum atomic E-state index is 12.0. The lowest BCUT2D eigenvalue weighted by atomic mass is 10.0. The molecule has 8 nitrogen and oxygen atoms in total. The van der Waals surface area contributed by atoms with Crippen molar-refractivity contribution in [3.63, 3.8) is 0 Å². The first-order chi connectivity index (χ1) is 16.0. The molecule has 1 N–H and O–H groups in total. The number of carbonyl (C=O) groups excluding carboxylic acids is 4. The molecule has 0 atom stereocenters. The second kappa shape index (κ2) is 14.3. The van der Waals surface area contributed by atoms with Gasteiger partial charge in [-0.15, -0.1) is 0 Å². The maximum Gasteiger partial charge on any atom is 0.407 e. The Hall–Kier alpha value is -2.95. The van der Waals surface area contributed by atoms with E-state index in [-0.39, 0.29) is 11.8 Å². The van der Waals surface area contributed by atoms with Gasteiger partial charge >= 0.3 is 18.0 Å². The minimum absolute atomic E-state index is 0.0487. The Morgan fingerprint density at radius 2 is 1.24 bits per heavy atom. The third-order valence-corrected chi connectivity index (χ3v) is 4.86. The van der Waals surface area contributed by atoms with Crippen LogP contribution in [0, 0.1) is 3.57 Å². The number of carbonyl (C=O) groups is 4. The van der Waals surface area contributed by atoms with Gasteiger partial charge in [0.1, 0.15) is 5.60 Å². The summed E-state index contributed by atoms with van der Waals surface area (Å²) < 4.78 is 15.3. The Labute approximate surface area is 213 Å². The van der Waals surface area contributed by atoms with Crippen molar-refractivity contribution in [3.8, 4) is 0 Å². The molecule has 0 aromatic heterocycles. The first-order valence-corrected chi connectivity index (χ1v) is 11.6. The summed E-state index contributed by atoms with van der Waals surface area (Å²) in [5, 5.41) is 2.60. The highest BCUT2D eigenvalue weighted by molar-refractivity contribution is 14.1. The molecule has 0 bridgehead atoms. The van der Waals surface area contributed by atoms with Crippen molar-refractivity contribution >= 4 is 46.4 Å². The molecule has 2 aromatic rings. The Balaban J connectivity index is 0.000000437. The van der Waals surface area contributed by atoms with Crippen molar-refractivity contribution < 1.29 is 33.4 Å². The topological polar surface area (TPSA) is 108 Å². The number of halogens is 1. The molecule has 0 aliphatic carbocycles. The molecular formula is C25H30INO7. The van der Waals surface area contributed by atoms with Gasteiger partial charge in [0.05, 0.1) is 25.3 Å². The second-order valence-electron chi connectivity index (χ2n) is 8.02. The van der Waals surface area contributed by atoms with Crippen LogP contribution in [0.3, 0.4) is 0 Å². The van der Waals surface area contributed by atoms with Crippen LogP contribution < -0.4 is 5.32 Å². The summed E-state index contributed by atoms with van der Waals surface area (Å²) in [7, 11) is 2.68. The van der Waals surface area contributed by atoms with Gasteiger partial charge in [-0.05, 0) is 86.2 Å². The number of rotatable bonds is 7. The smallest absolute Gasteiger partial charge is 0.407 e. The van der Waals surface area contributed by atoms with E-state index in [0.717, 1.165) is 3.57 Å². The lowest BCUT2D eigenvalue weighted by Crippen LogP contribution is -2.33. The summed E-state index contributed by atoms with van der Waals surface area (Å²) in [4.78, 5) is 45.7. The molecule has 0 saturated carbocycles. The van der Waals surface area contributed by atoms with E-state index in [1.54, 1.807) is 57.2 Å². The van der Waals surface area contributed by atoms with Gasteiger partial charge in [-0.2, -0.15) is 0 Å². The predicted molar refractivity (Wildman–Crippen MR) is 136 cm³/mol. The van der Waals surface area contributed by atoms with E-state index in [2.05, 4.69) is 37.4 Å². The Morgan fingerprint density at radius 1 is 0.794 bits per heavy atom. The lowest BCUT2D eigenvalue weighted by molar-refractivity contribution is 0.0523. The summed E-state index contributed by atoms with van der Waals surface area (Å²) in [6.45, 7) is 5.72. The van der Waals surface area contributed by atoms with Gasteiger partial charge in [-0.3, -0.25) is 4.79 Å². The Bertz CT molecular complexity index is 964. The van der Waals surface area contributed by atoms with E-state index < -0.39 is 17.7 Å². The average Bonchev–Trinajstić information content (AvgIpc) is 2.80. The number of methoxy groups -OCH3 is 2. The Kier molecular flexibility index (Phi) is 12.3. The van der Waals surface area contributed by atoms with Crippen molar-refractivity contribution in [1.29, 1.82) is 0 Å². The first kappa shape index (κ1) is 29.1. The molecule has 2 aromatic carbocycles. The molecule has 9 heteroatoms. The zero-order valence-corrected chi connectivity index (χ0v) is 22.1. The molecule has 184 valence electrons. The molecule has 0 fully saturated rings. The van der Waals surface area contributed by atoms with E-state index in [0.29, 0.717) is 36.1 Å². The third kappa shape index (κ3) is 11.3. The fourth-order valence-corrected chi connectivity index (χ4v) is 2.87. The second-order valence-corrected chi connectivity index (χ2v) is 9.27. The fourth-order valence-electron chi connectivity index (χ4n) is 2.51. The molecule has 0 radical (unpaired) electrons. The summed E-state index contributed by atoms with van der Waals surface area (Å²) in [6.07, 6.45) is 0.317. The summed E-state index contributed by atoms with van der Waals surface area (Å²) >= 11 is 2.18. The Morgan fingerprint density at radius 3 is 1.68 bits per heavy atom. The minimum Gasteiger partial charge on any atom is -0.465 e. The first-order valence-electron chi connectivity index (χ1n) is 10.5. The molecule has 0 aliphatic rings. The maximum absolute atomic E-state index is 12.0. The number of ketones is 1. The van der Waals surface area contributed by atoms with Crippen LogP contribution >= 0.6 is 22.6 Å². The van der Waals surface area contributed by atoms with Gasteiger partial charge in [0.15, 0.2) is 5.78 Å². The molecule has 2 rings (SSSR count). The number of benzene rings is 2. The van der Waals surface area contributed by atoms with Crippen molar-refractivity contribution in [2.75, 3.05) is 20.8 Å². The highest BCUT2D eigenvalue weighted by atomic mass is 127. The van der Waals surface area contributed by atoms with E-state index >= 15 is 0 Å². The van der Waals surface area contributed by atoms with Crippen LogP contribution in [0.2, 0.25) is 0 Å². The quantitative estimate of drug-likeness (QED) is 0.160. The number of amides is 1. The van der Waals surface area contributed by atoms with Crippen molar-refractivity contribution in [1.82, 2.24) is 5.32 Å². The van der Waals surface area contributed by atoms with Crippen LogP contribution in [-0.4, -0.2) is 50.2 Å². The van der Waals surface area contributed by atoms with E-state index in [9.17, 15) is 19.2 Å². The summed E-state index contributed by atoms with van der Waals surface area (Å²) in [5.74, 6) is -0.778. The molecule has 0 unspecified atom stereocenters. The standard InChI is InChI=1S/C17H23NO5.C8H7IO2/c1-17(2,3)23-16(21)18-11-5-6-14(19)12-7-9-13(10-8-12)15(20)22-4;1-11-8(10)6-2-4-7(9)5-3-6/h7-10H,5-6,11H2,1-4H3,(H,18,21);2-5H,1H3. The molecule has 0 spiro atoms. The van der Waals surface area contributed by atoms with Crippen molar-refractivity contribution in [2.24, 2.45) is 0 Å². The molecule has 0 aliphatic heterocycles. The van der Waals surface area contributed by atoms with Crippen LogP contribution in [0.15, 0.2) is 48.5 Å². The molecule has 0 saturated heterocycles. The zero-order valence-electron chi connectivity index (χ0n) is 20.0. The number of hydrogen-bond donors (Lipinski definition) is 1. The van der Waals surface area contributed by atoms with Gasteiger partial charge < -0.3 is 19.5 Å². The van der Waals surface area contributed by atoms with Crippen molar-refractivity contribution in [3.05, 3.63) is 68.8 Å². The van der Waals surface area contributed by atoms with Gasteiger partial charge in [0.2, 0.25) is 0 Å². The van der Waals surface area contributed by atoms with Crippen molar-refractivity contribution in [2.45, 2.75) is 39.2 Å². The summed E-state index contributed by atoms with van der Waals surface area (Å²) in [5.41, 5.74) is 0.972. The van der Waals surface area contributed by atoms with Gasteiger partial charge in [-0.25, -0.2) is 14.4 Å². The van der Waals surface area contributed by atoms with Gasteiger partial charge in [-0.1, -0.05) is 12.1 Å². The van der Waals surface area contributed by atoms with Crippen LogP contribution in [0.25, 0.3) is 0 Å². The third-order valence-electron chi connectivity index (χ3n) is 4.14. The monoisotopic (exact) mass is 583 g/mol. The highest BCUT2D eigenvalue weighted by Gasteiger charge is 2.15. The van der Waals surface area contributed by atoms with E-state index in [1.807, 2.05) is 12.1 Å². The van der Waals surface area contributed by atoms with E-state index in [4.69, 9.17) is 4.74 Å². The predicted octanol–water partition coefficient (Wildman–Crippen LogP) is 5.04. The molecule has 34 heavy (non-hydrogen) atoms. The summed E-state index contributed by atoms with van der Waals surface area (Å²) in [6, 6.07) is 13.5. The van der Waals surface area contributed by atoms with E-state index in [1.165, 1.54) is 14.2 Å². The number of Topliss-reactive ketones (excluding diaryl/α,β-unsaturated/α-hetero) is 1. The highest BCUT2D eigenvalue weighted by Crippen LogP contribution is 2.10. The molecule has 0 heterocycles. The number of alkyl carbamates (subject to hydrolysis) is 1. The number of hydrogen-bond acceptors (Lipinski definition) is 7. The van der Waals surface area contributed by atoms with Gasteiger partial charge in [0.25, 0.3) is 0 Å². The van der Waals surface area contributed by atoms with Crippen LogP contribution in [-0.2, 0) is 14.2 Å². The lowest BCUT2D eigenvalue weighted by Gasteiger charge is -2.19. The largest absolute Gasteiger partial charge is 0.465 e. The van der Waals surface area contributed by atoms with Crippen LogP contribution in [0.5, 0.6) is 0 Å². The number of ether oxygens (including phenoxy) is 3. The normalized spacial score (nSPS) is 10.3. The molecular weight excluding hydrogens is 553 g/mol. The van der Waals surface area contributed by atoms with Crippen LogP contribution in [0.4, 0.5) is 4.79 Å². The minimum atomic E-state index is -0.540. The molecule has 1 amide bonds. The number of nitrogens with one attached hydrogen (secondary N) is 1. The fraction of sp³-hybridized carbons (Fsp3) is 0.360. The number of esters is 2. The van der Waals surface area contributed by atoms with Gasteiger partial charge in [0, 0.05) is 22.1 Å².